The first kappa shape index (κ1) is 27.7. The van der Waals surface area contributed by atoms with Gasteiger partial charge in [0.05, 0.1) is 22.4 Å². The molecule has 1 N–H and O–H groups in total. The lowest BCUT2D eigenvalue weighted by Crippen LogP contribution is -2.42. The van der Waals surface area contributed by atoms with Crippen LogP contribution in [0.1, 0.15) is 33.9 Å². The minimum atomic E-state index is -0.215. The number of hydrogen-bond acceptors (Lipinski definition) is 5. The lowest BCUT2D eigenvalue weighted by Gasteiger charge is -2.23. The van der Waals surface area contributed by atoms with E-state index in [0.717, 1.165) is 39.2 Å². The minimum absolute atomic E-state index is 0.0916. The summed E-state index contributed by atoms with van der Waals surface area (Å²) in [5.41, 5.74) is 6.93. The number of amides is 2. The van der Waals surface area contributed by atoms with Crippen LogP contribution in [-0.4, -0.2) is 54.2 Å². The summed E-state index contributed by atoms with van der Waals surface area (Å²) >= 11 is 1.58. The Balaban J connectivity index is 1.71. The molecule has 0 saturated carbocycles. The second-order valence-electron chi connectivity index (χ2n) is 9.92. The number of aryl methyl sites for hydroxylation is 2. The molecule has 0 aliphatic carbocycles. The smallest absolute Gasteiger partial charge is 0.240 e. The molecule has 0 fully saturated rings. The number of hydrogen-bond donors (Lipinski definition) is 1. The Hall–Kier alpha value is -3.88. The van der Waals surface area contributed by atoms with E-state index in [2.05, 4.69) is 24.4 Å². The van der Waals surface area contributed by atoms with Crippen molar-refractivity contribution < 1.29 is 14.3 Å². The monoisotopic (exact) mass is 554 g/mol. The van der Waals surface area contributed by atoms with Gasteiger partial charge in [0.25, 0.3) is 0 Å². The van der Waals surface area contributed by atoms with Gasteiger partial charge in [-0.2, -0.15) is 5.10 Å². The van der Waals surface area contributed by atoms with Gasteiger partial charge in [-0.05, 0) is 43.5 Å². The molecule has 0 saturated heterocycles. The SMILES string of the molecule is COCCCNC(=O)CN1C(=O)CSC(c2ccccc2C)c2c(-c3ccccc3)nn(-c3ccc(C)cc3)c21. The maximum atomic E-state index is 13.8. The van der Waals surface area contributed by atoms with Gasteiger partial charge < -0.3 is 10.1 Å². The highest BCUT2D eigenvalue weighted by Crippen LogP contribution is 2.49. The summed E-state index contributed by atoms with van der Waals surface area (Å²) in [7, 11) is 1.64. The highest BCUT2D eigenvalue weighted by atomic mass is 32.2. The van der Waals surface area contributed by atoms with Crippen molar-refractivity contribution in [3.05, 3.63) is 101 Å². The van der Waals surface area contributed by atoms with Crippen molar-refractivity contribution >= 4 is 29.4 Å². The van der Waals surface area contributed by atoms with Gasteiger partial charge in [-0.3, -0.25) is 14.5 Å². The molecule has 0 spiro atoms. The van der Waals surface area contributed by atoms with E-state index in [0.29, 0.717) is 25.4 Å². The van der Waals surface area contributed by atoms with E-state index in [-0.39, 0.29) is 29.4 Å². The van der Waals surface area contributed by atoms with E-state index in [1.807, 2.05) is 78.3 Å². The number of nitrogens with zero attached hydrogens (tertiary/aromatic N) is 3. The molecule has 40 heavy (non-hydrogen) atoms. The van der Waals surface area contributed by atoms with Crippen molar-refractivity contribution in [2.75, 3.05) is 37.5 Å². The third kappa shape index (κ3) is 5.83. The van der Waals surface area contributed by atoms with E-state index in [4.69, 9.17) is 9.84 Å². The number of carbonyl (C=O) groups excluding carboxylic acids is 2. The average molecular weight is 555 g/mol. The Morgan fingerprint density at radius 2 is 1.75 bits per heavy atom. The second kappa shape index (κ2) is 12.5. The van der Waals surface area contributed by atoms with Gasteiger partial charge in [0.1, 0.15) is 12.4 Å². The van der Waals surface area contributed by atoms with Crippen molar-refractivity contribution in [3.8, 4) is 16.9 Å². The van der Waals surface area contributed by atoms with Crippen LogP contribution in [0, 0.1) is 13.8 Å². The van der Waals surface area contributed by atoms with Gasteiger partial charge in [-0.1, -0.05) is 72.3 Å². The van der Waals surface area contributed by atoms with Crippen molar-refractivity contribution in [1.82, 2.24) is 15.1 Å². The Kier molecular flexibility index (Phi) is 8.67. The average Bonchev–Trinajstić information content (AvgIpc) is 3.29. The van der Waals surface area contributed by atoms with Crippen LogP contribution in [-0.2, 0) is 14.3 Å². The molecule has 0 bridgehead atoms. The summed E-state index contributed by atoms with van der Waals surface area (Å²) in [6.07, 6.45) is 0.700. The molecule has 1 aromatic heterocycles. The highest BCUT2D eigenvalue weighted by molar-refractivity contribution is 8.00. The molecule has 4 aromatic rings. The summed E-state index contributed by atoms with van der Waals surface area (Å²) in [4.78, 5) is 28.5. The number of anilines is 1. The molecule has 1 aliphatic rings. The van der Waals surface area contributed by atoms with Crippen LogP contribution in [0.25, 0.3) is 16.9 Å². The topological polar surface area (TPSA) is 76.5 Å². The van der Waals surface area contributed by atoms with Gasteiger partial charge >= 0.3 is 0 Å². The zero-order valence-corrected chi connectivity index (χ0v) is 23.9. The zero-order valence-electron chi connectivity index (χ0n) is 23.1. The van der Waals surface area contributed by atoms with E-state index in [9.17, 15) is 9.59 Å². The largest absolute Gasteiger partial charge is 0.385 e. The highest BCUT2D eigenvalue weighted by Gasteiger charge is 2.38. The third-order valence-electron chi connectivity index (χ3n) is 7.03. The number of aromatic nitrogens is 2. The van der Waals surface area contributed by atoms with E-state index in [1.165, 1.54) is 0 Å². The Morgan fingerprint density at radius 3 is 2.48 bits per heavy atom. The maximum Gasteiger partial charge on any atom is 0.240 e. The fourth-order valence-electron chi connectivity index (χ4n) is 4.96. The zero-order chi connectivity index (χ0) is 28.1. The van der Waals surface area contributed by atoms with Gasteiger partial charge in [-0.25, -0.2) is 4.68 Å². The normalized spacial score (nSPS) is 15.0. The third-order valence-corrected chi connectivity index (χ3v) is 8.27. The lowest BCUT2D eigenvalue weighted by atomic mass is 9.97. The second-order valence-corrected chi connectivity index (χ2v) is 11.0. The molecular weight excluding hydrogens is 520 g/mol. The van der Waals surface area contributed by atoms with Crippen molar-refractivity contribution in [2.45, 2.75) is 25.5 Å². The van der Waals surface area contributed by atoms with Crippen LogP contribution in [0.3, 0.4) is 0 Å². The number of methoxy groups -OCH3 is 1. The van der Waals surface area contributed by atoms with Crippen LogP contribution in [0.4, 0.5) is 5.82 Å². The quantitative estimate of drug-likeness (QED) is 0.278. The van der Waals surface area contributed by atoms with Gasteiger partial charge in [0.2, 0.25) is 11.8 Å². The molecule has 1 aliphatic heterocycles. The van der Waals surface area contributed by atoms with Gasteiger partial charge in [0, 0.05) is 31.4 Å². The predicted octanol–water partition coefficient (Wildman–Crippen LogP) is 5.48. The summed E-state index contributed by atoms with van der Waals surface area (Å²) in [6.45, 7) is 5.08. The Morgan fingerprint density at radius 1 is 1.02 bits per heavy atom. The van der Waals surface area contributed by atoms with Crippen molar-refractivity contribution in [1.29, 1.82) is 0 Å². The van der Waals surface area contributed by atoms with Crippen molar-refractivity contribution in [3.63, 3.8) is 0 Å². The number of rotatable bonds is 9. The van der Waals surface area contributed by atoms with E-state index < -0.39 is 0 Å². The maximum absolute atomic E-state index is 13.8. The summed E-state index contributed by atoms with van der Waals surface area (Å²) in [5, 5.41) is 7.94. The molecule has 2 heterocycles. The first-order valence-corrected chi connectivity index (χ1v) is 14.5. The van der Waals surface area contributed by atoms with Crippen LogP contribution in [0.15, 0.2) is 78.9 Å². The number of thioether (sulfide) groups is 1. The molecule has 1 atom stereocenters. The summed E-state index contributed by atoms with van der Waals surface area (Å²) < 4.78 is 6.94. The number of fused-ring (bicyclic) bond motifs is 1. The van der Waals surface area contributed by atoms with Crippen LogP contribution >= 0.6 is 11.8 Å². The minimum Gasteiger partial charge on any atom is -0.385 e. The Labute approximate surface area is 239 Å². The molecule has 7 nitrogen and oxygen atoms in total. The first-order valence-electron chi connectivity index (χ1n) is 13.5. The predicted molar refractivity (Wildman–Crippen MR) is 161 cm³/mol. The molecule has 1 unspecified atom stereocenters. The number of benzene rings is 3. The first-order chi connectivity index (χ1) is 19.5. The molecule has 2 amide bonds. The van der Waals surface area contributed by atoms with Gasteiger partial charge in [0.15, 0.2) is 0 Å². The van der Waals surface area contributed by atoms with Crippen molar-refractivity contribution in [2.24, 2.45) is 0 Å². The van der Waals surface area contributed by atoms with Crippen LogP contribution in [0.2, 0.25) is 0 Å². The standard InChI is InChI=1S/C32H34N4O3S/c1-22-14-16-25(17-15-22)36-32-29(30(34-36)24-11-5-4-6-12-24)31(26-13-8-7-10-23(26)2)40-21-28(38)35(32)20-27(37)33-18-9-19-39-3/h4-8,10-17,31H,9,18-21H2,1-3H3,(H,33,37). The molecule has 3 aromatic carbocycles. The molecule has 0 radical (unpaired) electrons. The number of carbonyl (C=O) groups is 2. The number of ether oxygens (including phenoxy) is 1. The molecular formula is C32H34N4O3S. The fourth-order valence-corrected chi connectivity index (χ4v) is 6.26. The van der Waals surface area contributed by atoms with E-state index >= 15 is 0 Å². The fraction of sp³-hybridized carbons (Fsp3) is 0.281. The summed E-state index contributed by atoms with van der Waals surface area (Å²) in [6, 6.07) is 26.4. The van der Waals surface area contributed by atoms with Crippen LogP contribution in [0.5, 0.6) is 0 Å². The van der Waals surface area contributed by atoms with Gasteiger partial charge in [-0.15, -0.1) is 11.8 Å². The number of nitrogens with one attached hydrogen (secondary N) is 1. The molecule has 206 valence electrons. The van der Waals surface area contributed by atoms with E-state index in [1.54, 1.807) is 23.8 Å². The lowest BCUT2D eigenvalue weighted by molar-refractivity contribution is -0.122. The Bertz CT molecular complexity index is 1480. The summed E-state index contributed by atoms with van der Waals surface area (Å²) in [5.74, 6) is 0.542. The van der Waals surface area contributed by atoms with Crippen LogP contribution < -0.4 is 10.2 Å². The molecule has 8 heteroatoms. The molecule has 5 rings (SSSR count).